The van der Waals surface area contributed by atoms with Gasteiger partial charge in [0.1, 0.15) is 5.02 Å². The van der Waals surface area contributed by atoms with Crippen molar-refractivity contribution in [2.45, 2.75) is 12.5 Å². The molecule has 7 heteroatoms. The molecule has 1 aromatic rings. The van der Waals surface area contributed by atoms with Crippen molar-refractivity contribution in [1.82, 2.24) is 5.32 Å². The summed E-state index contributed by atoms with van der Waals surface area (Å²) in [4.78, 5) is 21.8. The van der Waals surface area contributed by atoms with Crippen molar-refractivity contribution in [3.8, 4) is 0 Å². The van der Waals surface area contributed by atoms with Gasteiger partial charge in [0.15, 0.2) is 0 Å². The van der Waals surface area contributed by atoms with Crippen LogP contribution < -0.4 is 5.32 Å². The van der Waals surface area contributed by atoms with Crippen molar-refractivity contribution in [2.75, 3.05) is 13.2 Å². The topological polar surface area (TPSA) is 81.5 Å². The van der Waals surface area contributed by atoms with Crippen molar-refractivity contribution in [1.29, 1.82) is 0 Å². The van der Waals surface area contributed by atoms with Crippen molar-refractivity contribution in [3.05, 3.63) is 38.9 Å². The van der Waals surface area contributed by atoms with E-state index in [1.54, 1.807) is 0 Å². The van der Waals surface area contributed by atoms with Crippen LogP contribution in [0.25, 0.3) is 0 Å². The Kier molecular flexibility index (Phi) is 3.78. The third-order valence-electron chi connectivity index (χ3n) is 2.67. The Balaban J connectivity index is 2.10. The summed E-state index contributed by atoms with van der Waals surface area (Å²) in [5.74, 6) is -0.303. The van der Waals surface area contributed by atoms with Gasteiger partial charge in [-0.25, -0.2) is 0 Å². The van der Waals surface area contributed by atoms with Crippen LogP contribution in [0.2, 0.25) is 5.02 Å². The second-order valence-electron chi connectivity index (χ2n) is 3.96. The Hall–Kier alpha value is -1.66. The molecule has 0 radical (unpaired) electrons. The smallest absolute Gasteiger partial charge is 0.287 e. The molecule has 0 saturated carbocycles. The van der Waals surface area contributed by atoms with Gasteiger partial charge >= 0.3 is 0 Å². The summed E-state index contributed by atoms with van der Waals surface area (Å²) in [5.41, 5.74) is 0.0925. The number of benzene rings is 1. The lowest BCUT2D eigenvalue weighted by Gasteiger charge is -2.10. The Morgan fingerprint density at radius 1 is 1.56 bits per heavy atom. The van der Waals surface area contributed by atoms with Gasteiger partial charge in [0.25, 0.3) is 11.6 Å². The molecular formula is C11H11ClN2O4. The molecule has 1 fully saturated rings. The van der Waals surface area contributed by atoms with Gasteiger partial charge in [-0.2, -0.15) is 0 Å². The van der Waals surface area contributed by atoms with E-state index < -0.39 is 4.92 Å². The lowest BCUT2D eigenvalue weighted by atomic mass is 10.1. The number of amides is 1. The average Bonchev–Trinajstić information content (AvgIpc) is 2.81. The first-order chi connectivity index (χ1) is 8.58. The van der Waals surface area contributed by atoms with Gasteiger partial charge < -0.3 is 10.1 Å². The minimum absolute atomic E-state index is 0.00790. The van der Waals surface area contributed by atoms with Crippen molar-refractivity contribution >= 4 is 23.2 Å². The molecule has 0 spiro atoms. The monoisotopic (exact) mass is 270 g/mol. The standard InChI is InChI=1S/C11H11ClN2O4/c12-9-5-7(1-2-10(9)14(16)17)11(15)13-8-3-4-18-6-8/h1-2,5,8H,3-4,6H2,(H,13,15). The van der Waals surface area contributed by atoms with Gasteiger partial charge in [-0.1, -0.05) is 11.6 Å². The first kappa shape index (κ1) is 12.8. The summed E-state index contributed by atoms with van der Waals surface area (Å²) < 4.78 is 5.14. The predicted octanol–water partition coefficient (Wildman–Crippen LogP) is 1.77. The summed E-state index contributed by atoms with van der Waals surface area (Å²) in [7, 11) is 0. The maximum absolute atomic E-state index is 11.8. The van der Waals surface area contributed by atoms with Crippen LogP contribution in [0, 0.1) is 10.1 Å². The van der Waals surface area contributed by atoms with Crippen LogP contribution in [0.1, 0.15) is 16.8 Å². The third-order valence-corrected chi connectivity index (χ3v) is 2.97. The number of carbonyl (C=O) groups is 1. The van der Waals surface area contributed by atoms with Gasteiger partial charge in [0, 0.05) is 18.2 Å². The average molecular weight is 271 g/mol. The molecule has 1 heterocycles. The van der Waals surface area contributed by atoms with Gasteiger partial charge in [0.05, 0.1) is 17.6 Å². The minimum atomic E-state index is -0.588. The van der Waals surface area contributed by atoms with E-state index in [-0.39, 0.29) is 22.7 Å². The quantitative estimate of drug-likeness (QED) is 0.670. The highest BCUT2D eigenvalue weighted by atomic mass is 35.5. The Morgan fingerprint density at radius 2 is 2.33 bits per heavy atom. The first-order valence-electron chi connectivity index (χ1n) is 5.40. The fourth-order valence-electron chi connectivity index (χ4n) is 1.71. The molecule has 0 aliphatic carbocycles. The second-order valence-corrected chi connectivity index (χ2v) is 4.36. The summed E-state index contributed by atoms with van der Waals surface area (Å²) in [5, 5.41) is 13.3. The molecular weight excluding hydrogens is 260 g/mol. The van der Waals surface area contributed by atoms with E-state index >= 15 is 0 Å². The molecule has 1 aliphatic rings. The number of nitro benzene ring substituents is 1. The predicted molar refractivity (Wildman–Crippen MR) is 64.8 cm³/mol. The van der Waals surface area contributed by atoms with Gasteiger partial charge in [-0.3, -0.25) is 14.9 Å². The van der Waals surface area contributed by atoms with Gasteiger partial charge in [-0.15, -0.1) is 0 Å². The van der Waals surface area contributed by atoms with Gasteiger partial charge in [-0.05, 0) is 18.6 Å². The highest BCUT2D eigenvalue weighted by Gasteiger charge is 2.20. The first-order valence-corrected chi connectivity index (χ1v) is 5.78. The van der Waals surface area contributed by atoms with E-state index in [1.165, 1.54) is 18.2 Å². The van der Waals surface area contributed by atoms with Crippen LogP contribution >= 0.6 is 11.6 Å². The number of ether oxygens (including phenoxy) is 1. The fourth-order valence-corrected chi connectivity index (χ4v) is 1.96. The van der Waals surface area contributed by atoms with E-state index in [1.807, 2.05) is 0 Å². The van der Waals surface area contributed by atoms with E-state index in [0.717, 1.165) is 6.42 Å². The lowest BCUT2D eigenvalue weighted by Crippen LogP contribution is -2.34. The summed E-state index contributed by atoms with van der Waals surface area (Å²) in [6.45, 7) is 1.12. The lowest BCUT2D eigenvalue weighted by molar-refractivity contribution is -0.384. The molecule has 1 atom stereocenters. The molecule has 1 amide bonds. The van der Waals surface area contributed by atoms with E-state index in [9.17, 15) is 14.9 Å². The number of nitrogens with one attached hydrogen (secondary N) is 1. The van der Waals surface area contributed by atoms with Crippen molar-refractivity contribution < 1.29 is 14.5 Å². The number of nitrogens with zero attached hydrogens (tertiary/aromatic N) is 1. The Bertz CT molecular complexity index is 486. The number of hydrogen-bond donors (Lipinski definition) is 1. The zero-order valence-corrected chi connectivity index (χ0v) is 10.1. The number of hydrogen-bond acceptors (Lipinski definition) is 4. The van der Waals surface area contributed by atoms with E-state index in [0.29, 0.717) is 18.8 Å². The summed E-state index contributed by atoms with van der Waals surface area (Å²) in [6, 6.07) is 3.90. The summed E-state index contributed by atoms with van der Waals surface area (Å²) >= 11 is 5.74. The zero-order valence-electron chi connectivity index (χ0n) is 9.39. The Morgan fingerprint density at radius 3 is 2.89 bits per heavy atom. The number of nitro groups is 1. The molecule has 96 valence electrons. The Labute approximate surface area is 108 Å². The zero-order chi connectivity index (χ0) is 13.1. The molecule has 1 unspecified atom stereocenters. The largest absolute Gasteiger partial charge is 0.379 e. The highest BCUT2D eigenvalue weighted by Crippen LogP contribution is 2.25. The molecule has 1 aromatic carbocycles. The van der Waals surface area contributed by atoms with Crippen LogP contribution in [0.3, 0.4) is 0 Å². The van der Waals surface area contributed by atoms with Crippen molar-refractivity contribution in [2.24, 2.45) is 0 Å². The molecule has 1 saturated heterocycles. The molecule has 2 rings (SSSR count). The minimum Gasteiger partial charge on any atom is -0.379 e. The molecule has 1 aliphatic heterocycles. The maximum Gasteiger partial charge on any atom is 0.287 e. The van der Waals surface area contributed by atoms with Crippen LogP contribution in [0.4, 0.5) is 5.69 Å². The van der Waals surface area contributed by atoms with Crippen LogP contribution in [-0.4, -0.2) is 30.1 Å². The molecule has 18 heavy (non-hydrogen) atoms. The maximum atomic E-state index is 11.8. The number of carbonyl (C=O) groups excluding carboxylic acids is 1. The van der Waals surface area contributed by atoms with E-state index in [4.69, 9.17) is 16.3 Å². The van der Waals surface area contributed by atoms with Crippen LogP contribution in [-0.2, 0) is 4.74 Å². The molecule has 1 N–H and O–H groups in total. The molecule has 0 aromatic heterocycles. The summed E-state index contributed by atoms with van der Waals surface area (Å²) in [6.07, 6.45) is 0.770. The molecule has 0 bridgehead atoms. The van der Waals surface area contributed by atoms with Crippen molar-refractivity contribution in [3.63, 3.8) is 0 Å². The van der Waals surface area contributed by atoms with Gasteiger partial charge in [0.2, 0.25) is 0 Å². The highest BCUT2D eigenvalue weighted by molar-refractivity contribution is 6.33. The molecule has 6 nitrogen and oxygen atoms in total. The van der Waals surface area contributed by atoms with Crippen LogP contribution in [0.15, 0.2) is 18.2 Å². The normalized spacial score (nSPS) is 18.6. The number of rotatable bonds is 3. The second kappa shape index (κ2) is 5.32. The fraction of sp³-hybridized carbons (Fsp3) is 0.364. The van der Waals surface area contributed by atoms with Crippen LogP contribution in [0.5, 0.6) is 0 Å². The van der Waals surface area contributed by atoms with E-state index in [2.05, 4.69) is 5.32 Å². The third kappa shape index (κ3) is 2.77. The SMILES string of the molecule is O=C(NC1CCOC1)c1ccc([N+](=O)[O-])c(Cl)c1. The number of halogens is 1.